The first-order valence-electron chi connectivity index (χ1n) is 9.09. The van der Waals surface area contributed by atoms with Crippen LogP contribution < -0.4 is 5.56 Å². The highest BCUT2D eigenvalue weighted by atomic mass is 35.5. The summed E-state index contributed by atoms with van der Waals surface area (Å²) in [5, 5.41) is 15.0. The lowest BCUT2D eigenvalue weighted by molar-refractivity contribution is 0.160. The van der Waals surface area contributed by atoms with Crippen LogP contribution in [0.3, 0.4) is 0 Å². The van der Waals surface area contributed by atoms with Gasteiger partial charge in [0.05, 0.1) is 35.8 Å². The molecule has 0 spiro atoms. The van der Waals surface area contributed by atoms with Crippen molar-refractivity contribution in [3.8, 4) is 22.5 Å². The molecule has 3 heterocycles. The van der Waals surface area contributed by atoms with Crippen molar-refractivity contribution in [2.24, 2.45) is 7.05 Å². The molecule has 8 heteroatoms. The largest absolute Gasteiger partial charge is 0.394 e. The number of rotatable bonds is 4. The lowest BCUT2D eigenvalue weighted by Gasteiger charge is -2.25. The molecule has 4 aromatic rings. The van der Waals surface area contributed by atoms with E-state index >= 15 is 0 Å². The maximum absolute atomic E-state index is 13.3. The quantitative estimate of drug-likeness (QED) is 0.559. The molecule has 148 valence electrons. The van der Waals surface area contributed by atoms with Gasteiger partial charge in [0.25, 0.3) is 5.56 Å². The molecule has 0 fully saturated rings. The van der Waals surface area contributed by atoms with Crippen molar-refractivity contribution in [3.05, 3.63) is 64.4 Å². The van der Waals surface area contributed by atoms with E-state index < -0.39 is 5.54 Å². The van der Waals surface area contributed by atoms with E-state index in [2.05, 4.69) is 10.1 Å². The van der Waals surface area contributed by atoms with Gasteiger partial charge in [-0.15, -0.1) is 0 Å². The maximum atomic E-state index is 13.3. The summed E-state index contributed by atoms with van der Waals surface area (Å²) in [6.45, 7) is 3.38. The fourth-order valence-corrected chi connectivity index (χ4v) is 3.28. The van der Waals surface area contributed by atoms with Crippen LogP contribution in [-0.2, 0) is 12.6 Å². The Balaban J connectivity index is 2.06. The van der Waals surface area contributed by atoms with Crippen molar-refractivity contribution in [2.75, 3.05) is 6.61 Å². The fraction of sp³-hybridized carbons (Fsp3) is 0.238. The minimum atomic E-state index is -0.781. The standard InChI is InChI=1S/C21H20ClN5O2/c1-21(2,11-28)27-12-23-19-16(20(27)29)8-17(13-4-6-15(22)7-5-13)25-18(19)14-9-24-26(3)10-14/h4-10,12,28H,11H2,1-3H3. The number of aromatic nitrogens is 5. The molecule has 0 aliphatic heterocycles. The van der Waals surface area contributed by atoms with Gasteiger partial charge in [0.2, 0.25) is 0 Å². The molecule has 0 amide bonds. The van der Waals surface area contributed by atoms with E-state index in [1.165, 1.54) is 10.9 Å². The Labute approximate surface area is 172 Å². The van der Waals surface area contributed by atoms with Crippen LogP contribution in [0.4, 0.5) is 0 Å². The van der Waals surface area contributed by atoms with Gasteiger partial charge in [-0.2, -0.15) is 5.10 Å². The molecular weight excluding hydrogens is 390 g/mol. The van der Waals surface area contributed by atoms with E-state index in [0.29, 0.717) is 27.3 Å². The number of aryl methyl sites for hydroxylation is 1. The van der Waals surface area contributed by atoms with Crippen LogP contribution in [0.5, 0.6) is 0 Å². The number of nitrogens with zero attached hydrogens (tertiary/aromatic N) is 5. The molecule has 1 N–H and O–H groups in total. The van der Waals surface area contributed by atoms with E-state index in [4.69, 9.17) is 16.6 Å². The minimum absolute atomic E-state index is 0.190. The number of aliphatic hydroxyl groups excluding tert-OH is 1. The Morgan fingerprint density at radius 3 is 2.52 bits per heavy atom. The zero-order valence-corrected chi connectivity index (χ0v) is 17.1. The van der Waals surface area contributed by atoms with Crippen molar-refractivity contribution in [1.82, 2.24) is 24.3 Å². The minimum Gasteiger partial charge on any atom is -0.394 e. The van der Waals surface area contributed by atoms with E-state index in [0.717, 1.165) is 11.1 Å². The second-order valence-electron chi connectivity index (χ2n) is 7.55. The van der Waals surface area contributed by atoms with Crippen LogP contribution in [0.1, 0.15) is 13.8 Å². The monoisotopic (exact) mass is 409 g/mol. The van der Waals surface area contributed by atoms with E-state index in [-0.39, 0.29) is 12.2 Å². The molecule has 29 heavy (non-hydrogen) atoms. The summed E-state index contributed by atoms with van der Waals surface area (Å²) in [6, 6.07) is 9.01. The Bertz CT molecular complexity index is 1260. The third-order valence-electron chi connectivity index (χ3n) is 4.90. The fourth-order valence-electron chi connectivity index (χ4n) is 3.15. The average Bonchev–Trinajstić information content (AvgIpc) is 3.14. The van der Waals surface area contributed by atoms with E-state index in [9.17, 15) is 9.90 Å². The van der Waals surface area contributed by atoms with Crippen LogP contribution in [0.25, 0.3) is 33.4 Å². The van der Waals surface area contributed by atoms with Gasteiger partial charge < -0.3 is 5.11 Å². The second-order valence-corrected chi connectivity index (χ2v) is 7.99. The van der Waals surface area contributed by atoms with Gasteiger partial charge in [0.15, 0.2) is 0 Å². The molecule has 4 rings (SSSR count). The molecule has 3 aromatic heterocycles. The molecule has 0 unspecified atom stereocenters. The van der Waals surface area contributed by atoms with Crippen molar-refractivity contribution in [1.29, 1.82) is 0 Å². The van der Waals surface area contributed by atoms with Gasteiger partial charge in [-0.25, -0.2) is 9.97 Å². The van der Waals surface area contributed by atoms with Gasteiger partial charge >= 0.3 is 0 Å². The average molecular weight is 410 g/mol. The Morgan fingerprint density at radius 1 is 1.17 bits per heavy atom. The predicted octanol–water partition coefficient (Wildman–Crippen LogP) is 3.24. The van der Waals surface area contributed by atoms with Crippen LogP contribution in [0.15, 0.2) is 53.8 Å². The predicted molar refractivity (Wildman–Crippen MR) is 113 cm³/mol. The SMILES string of the molecule is Cn1cc(-c2nc(-c3ccc(Cl)cc3)cc3c(=O)n(C(C)(C)CO)cnc23)cn1. The molecule has 0 atom stereocenters. The second kappa shape index (κ2) is 7.09. The van der Waals surface area contributed by atoms with Crippen LogP contribution in [-0.4, -0.2) is 36.0 Å². The van der Waals surface area contributed by atoms with Gasteiger partial charge in [-0.05, 0) is 32.0 Å². The normalized spacial score (nSPS) is 11.9. The highest BCUT2D eigenvalue weighted by Gasteiger charge is 2.23. The summed E-state index contributed by atoms with van der Waals surface area (Å²) >= 11 is 6.02. The van der Waals surface area contributed by atoms with Crippen molar-refractivity contribution in [2.45, 2.75) is 19.4 Å². The zero-order valence-electron chi connectivity index (χ0n) is 16.3. The first-order chi connectivity index (χ1) is 13.8. The summed E-state index contributed by atoms with van der Waals surface area (Å²) in [7, 11) is 1.82. The molecular formula is C21H20ClN5O2. The van der Waals surface area contributed by atoms with Crippen LogP contribution in [0.2, 0.25) is 5.02 Å². The number of fused-ring (bicyclic) bond motifs is 1. The molecule has 0 radical (unpaired) electrons. The first kappa shape index (κ1) is 19.3. The summed E-state index contributed by atoms with van der Waals surface area (Å²) in [5.74, 6) is 0. The van der Waals surface area contributed by atoms with Crippen molar-refractivity contribution < 1.29 is 5.11 Å². The topological polar surface area (TPSA) is 85.8 Å². The number of benzene rings is 1. The Kier molecular flexibility index (Phi) is 4.72. The van der Waals surface area contributed by atoms with E-state index in [1.807, 2.05) is 25.4 Å². The zero-order chi connectivity index (χ0) is 20.8. The molecule has 0 saturated carbocycles. The number of hydrogen-bond donors (Lipinski definition) is 1. The van der Waals surface area contributed by atoms with Gasteiger partial charge in [0, 0.05) is 29.4 Å². The maximum Gasteiger partial charge on any atom is 0.261 e. The van der Waals surface area contributed by atoms with Gasteiger partial charge in [-0.3, -0.25) is 14.0 Å². The lowest BCUT2D eigenvalue weighted by atomic mass is 10.0. The number of halogens is 1. The number of hydrogen-bond acceptors (Lipinski definition) is 5. The van der Waals surface area contributed by atoms with Gasteiger partial charge in [-0.1, -0.05) is 23.7 Å². The van der Waals surface area contributed by atoms with E-state index in [1.54, 1.807) is 42.9 Å². The highest BCUT2D eigenvalue weighted by Crippen LogP contribution is 2.29. The highest BCUT2D eigenvalue weighted by molar-refractivity contribution is 6.30. The lowest BCUT2D eigenvalue weighted by Crippen LogP contribution is -2.39. The summed E-state index contributed by atoms with van der Waals surface area (Å²) < 4.78 is 3.13. The molecule has 1 aromatic carbocycles. The van der Waals surface area contributed by atoms with Crippen LogP contribution >= 0.6 is 11.6 Å². The van der Waals surface area contributed by atoms with Crippen LogP contribution in [0, 0.1) is 0 Å². The summed E-state index contributed by atoms with van der Waals surface area (Å²) in [6.07, 6.45) is 4.99. The number of pyridine rings is 1. The molecule has 0 saturated heterocycles. The third-order valence-corrected chi connectivity index (χ3v) is 5.15. The van der Waals surface area contributed by atoms with Crippen molar-refractivity contribution >= 4 is 22.5 Å². The third kappa shape index (κ3) is 3.43. The summed E-state index contributed by atoms with van der Waals surface area (Å²) in [5.41, 5.74) is 2.27. The summed E-state index contributed by atoms with van der Waals surface area (Å²) in [4.78, 5) is 22.6. The molecule has 0 bridgehead atoms. The van der Waals surface area contributed by atoms with Crippen molar-refractivity contribution in [3.63, 3.8) is 0 Å². The molecule has 0 aliphatic rings. The Hall–Kier alpha value is -3.03. The smallest absolute Gasteiger partial charge is 0.261 e. The molecule has 7 nitrogen and oxygen atoms in total. The van der Waals surface area contributed by atoms with Gasteiger partial charge in [0.1, 0.15) is 11.2 Å². The Morgan fingerprint density at radius 2 is 1.90 bits per heavy atom. The number of aliphatic hydroxyl groups is 1. The molecule has 0 aliphatic carbocycles. The first-order valence-corrected chi connectivity index (χ1v) is 9.46.